The smallest absolute Gasteiger partial charge is 0.249 e. The van der Waals surface area contributed by atoms with E-state index in [9.17, 15) is 20.4 Å². The fraction of sp³-hybridized carbons (Fsp3) is 0.850. The van der Waals surface area contributed by atoms with E-state index in [-0.39, 0.29) is 13.0 Å². The van der Waals surface area contributed by atoms with Gasteiger partial charge in [0.15, 0.2) is 0 Å². The number of hydrogen-bond donors (Lipinski definition) is 7. The van der Waals surface area contributed by atoms with E-state index >= 15 is 0 Å². The third kappa shape index (κ3) is 4.12. The maximum Gasteiger partial charge on any atom is 0.249 e. The summed E-state index contributed by atoms with van der Waals surface area (Å²) in [7, 11) is 3.29. The fourth-order valence-corrected chi connectivity index (χ4v) is 5.72. The molecule has 0 spiro atoms. The van der Waals surface area contributed by atoms with Crippen molar-refractivity contribution in [1.82, 2.24) is 20.9 Å². The summed E-state index contributed by atoms with van der Waals surface area (Å²) in [6.07, 6.45) is -3.11. The summed E-state index contributed by atoms with van der Waals surface area (Å²) >= 11 is 1.56. The first kappa shape index (κ1) is 24.4. The summed E-state index contributed by atoms with van der Waals surface area (Å²) in [5.74, 6) is -2.20. The molecular formula is C20H34N4O7S. The van der Waals surface area contributed by atoms with Crippen molar-refractivity contribution < 1.29 is 34.6 Å². The molecule has 182 valence electrons. The first-order chi connectivity index (χ1) is 15.2. The molecule has 10 unspecified atom stereocenters. The minimum absolute atomic E-state index is 0.0360. The van der Waals surface area contributed by atoms with Crippen LogP contribution in [0.25, 0.3) is 0 Å². The first-order valence-corrected chi connectivity index (χ1v) is 11.9. The van der Waals surface area contributed by atoms with E-state index in [1.54, 1.807) is 38.6 Å². The Morgan fingerprint density at radius 1 is 1.12 bits per heavy atom. The van der Waals surface area contributed by atoms with Crippen LogP contribution in [-0.4, -0.2) is 113 Å². The van der Waals surface area contributed by atoms with Gasteiger partial charge in [0, 0.05) is 37.5 Å². The Morgan fingerprint density at radius 2 is 1.88 bits per heavy atom. The Bertz CT molecular complexity index is 760. The van der Waals surface area contributed by atoms with Gasteiger partial charge in [-0.2, -0.15) is 0 Å². The zero-order chi connectivity index (χ0) is 23.1. The van der Waals surface area contributed by atoms with Gasteiger partial charge in [-0.05, 0) is 21.0 Å². The molecule has 0 aromatic carbocycles. The Kier molecular flexibility index (Phi) is 7.21. The number of nitrogens with one attached hydrogen (secondary N) is 3. The van der Waals surface area contributed by atoms with Crippen LogP contribution in [-0.2, 0) is 20.6 Å². The maximum atomic E-state index is 11.6. The zero-order valence-corrected chi connectivity index (χ0v) is 19.3. The van der Waals surface area contributed by atoms with E-state index < -0.39 is 60.3 Å². The lowest BCUT2D eigenvalue weighted by atomic mass is 9.77. The number of aliphatic hydroxyl groups excluding tert-OH is 2. The molecule has 2 saturated heterocycles. The highest BCUT2D eigenvalue weighted by Crippen LogP contribution is 2.46. The second kappa shape index (κ2) is 9.47. The SMILES string of the molecule is CNC1C(O)C(NC)C2OC3(O)C(OC(C)CC3(O)CNCCc3nccs3)OC2C1O. The average molecular weight is 475 g/mol. The van der Waals surface area contributed by atoms with Gasteiger partial charge in [0.2, 0.25) is 12.1 Å². The van der Waals surface area contributed by atoms with Crippen LogP contribution in [0.1, 0.15) is 18.4 Å². The van der Waals surface area contributed by atoms with Gasteiger partial charge in [0.25, 0.3) is 0 Å². The zero-order valence-electron chi connectivity index (χ0n) is 18.5. The van der Waals surface area contributed by atoms with E-state index in [0.717, 1.165) is 5.01 Å². The molecule has 3 fully saturated rings. The number of aromatic nitrogens is 1. The highest BCUT2D eigenvalue weighted by molar-refractivity contribution is 7.09. The Hall–Kier alpha value is -0.770. The minimum Gasteiger partial charge on any atom is -0.390 e. The molecule has 3 heterocycles. The Morgan fingerprint density at radius 3 is 2.53 bits per heavy atom. The Labute approximate surface area is 191 Å². The molecule has 1 saturated carbocycles. The van der Waals surface area contributed by atoms with Crippen molar-refractivity contribution in [1.29, 1.82) is 0 Å². The molecule has 12 heteroatoms. The summed E-state index contributed by atoms with van der Waals surface area (Å²) in [6, 6.07) is -1.33. The van der Waals surface area contributed by atoms with Gasteiger partial charge in [-0.1, -0.05) is 0 Å². The third-order valence-corrected chi connectivity index (χ3v) is 7.60. The molecule has 0 bridgehead atoms. The topological polar surface area (TPSA) is 158 Å². The average Bonchev–Trinajstić information content (AvgIpc) is 3.26. The van der Waals surface area contributed by atoms with E-state index in [0.29, 0.717) is 13.0 Å². The van der Waals surface area contributed by atoms with E-state index in [2.05, 4.69) is 20.9 Å². The van der Waals surface area contributed by atoms with Crippen LogP contribution in [0.4, 0.5) is 0 Å². The molecule has 32 heavy (non-hydrogen) atoms. The van der Waals surface area contributed by atoms with Crippen LogP contribution in [0.5, 0.6) is 0 Å². The molecule has 1 aromatic heterocycles. The van der Waals surface area contributed by atoms with Gasteiger partial charge in [-0.15, -0.1) is 11.3 Å². The lowest BCUT2D eigenvalue weighted by Gasteiger charge is -2.60. The molecular weight excluding hydrogens is 440 g/mol. The van der Waals surface area contributed by atoms with Crippen LogP contribution in [0.3, 0.4) is 0 Å². The second-order valence-corrected chi connectivity index (χ2v) is 9.84. The molecule has 1 aliphatic carbocycles. The number of ether oxygens (including phenoxy) is 3. The van der Waals surface area contributed by atoms with Crippen molar-refractivity contribution >= 4 is 11.3 Å². The predicted octanol–water partition coefficient (Wildman–Crippen LogP) is -2.47. The summed E-state index contributed by atoms with van der Waals surface area (Å²) in [5.41, 5.74) is -1.72. The summed E-state index contributed by atoms with van der Waals surface area (Å²) in [4.78, 5) is 4.24. The van der Waals surface area contributed by atoms with Crippen LogP contribution < -0.4 is 16.0 Å². The van der Waals surface area contributed by atoms with Crippen LogP contribution in [0, 0.1) is 0 Å². The molecule has 0 radical (unpaired) electrons. The van der Waals surface area contributed by atoms with Crippen molar-refractivity contribution in [3.8, 4) is 0 Å². The molecule has 2 aliphatic heterocycles. The molecule has 3 aliphatic rings. The van der Waals surface area contributed by atoms with Crippen molar-refractivity contribution in [3.63, 3.8) is 0 Å². The van der Waals surface area contributed by atoms with Gasteiger partial charge in [-0.25, -0.2) is 4.98 Å². The number of likely N-dealkylation sites (N-methyl/N-ethyl adjacent to an activating group) is 2. The number of rotatable bonds is 7. The number of hydrogen-bond acceptors (Lipinski definition) is 12. The molecule has 7 N–H and O–H groups in total. The maximum absolute atomic E-state index is 11.6. The van der Waals surface area contributed by atoms with Gasteiger partial charge in [0.05, 0.1) is 29.3 Å². The van der Waals surface area contributed by atoms with Gasteiger partial charge >= 0.3 is 0 Å². The van der Waals surface area contributed by atoms with Crippen molar-refractivity contribution in [3.05, 3.63) is 16.6 Å². The predicted molar refractivity (Wildman–Crippen MR) is 115 cm³/mol. The molecule has 0 amide bonds. The second-order valence-electron chi connectivity index (χ2n) is 8.86. The molecule has 1 aromatic rings. The normalized spacial score (nSPS) is 46.5. The number of thiazole rings is 1. The Balaban J connectivity index is 1.53. The third-order valence-electron chi connectivity index (χ3n) is 6.77. The summed E-state index contributed by atoms with van der Waals surface area (Å²) in [5, 5.41) is 56.7. The van der Waals surface area contributed by atoms with Crippen molar-refractivity contribution in [2.24, 2.45) is 0 Å². The van der Waals surface area contributed by atoms with Crippen LogP contribution >= 0.6 is 11.3 Å². The van der Waals surface area contributed by atoms with Gasteiger partial charge in [-0.3, -0.25) is 0 Å². The molecule has 10 atom stereocenters. The minimum atomic E-state index is -2.20. The highest BCUT2D eigenvalue weighted by atomic mass is 32.1. The van der Waals surface area contributed by atoms with Crippen LogP contribution in [0.2, 0.25) is 0 Å². The standard InChI is InChI=1S/C20H34N4O7S/c1-10-8-19(27,9-23-5-4-11-24-6-7-32-11)20(28)18(29-10)30-17-15(26)12(21-2)14(25)13(22-3)16(17)31-20/h6-7,10,12-18,21-23,25-28H,4-5,8-9H2,1-3H3. The lowest BCUT2D eigenvalue weighted by molar-refractivity contribution is -0.482. The quantitative estimate of drug-likeness (QED) is 0.210. The van der Waals surface area contributed by atoms with Crippen molar-refractivity contribution in [2.75, 3.05) is 27.2 Å². The summed E-state index contributed by atoms with van der Waals surface area (Å²) < 4.78 is 17.9. The van der Waals surface area contributed by atoms with E-state index in [1.165, 1.54) is 0 Å². The number of nitrogens with zero attached hydrogens (tertiary/aromatic N) is 1. The van der Waals surface area contributed by atoms with Crippen molar-refractivity contribution in [2.45, 2.75) is 80.0 Å². The number of fused-ring (bicyclic) bond motifs is 2. The van der Waals surface area contributed by atoms with E-state index in [1.807, 2.05) is 5.38 Å². The fourth-order valence-electron chi connectivity index (χ4n) is 5.10. The van der Waals surface area contributed by atoms with Gasteiger partial charge in [0.1, 0.15) is 23.9 Å². The molecule has 11 nitrogen and oxygen atoms in total. The lowest BCUT2D eigenvalue weighted by Crippen LogP contribution is -2.81. The van der Waals surface area contributed by atoms with E-state index in [4.69, 9.17) is 14.2 Å². The highest BCUT2D eigenvalue weighted by Gasteiger charge is 2.68. The van der Waals surface area contributed by atoms with Gasteiger partial charge < -0.3 is 50.6 Å². The monoisotopic (exact) mass is 474 g/mol. The number of aliphatic hydroxyl groups is 4. The summed E-state index contributed by atoms with van der Waals surface area (Å²) in [6.45, 7) is 2.37. The van der Waals surface area contributed by atoms with Crippen LogP contribution in [0.15, 0.2) is 11.6 Å². The first-order valence-electron chi connectivity index (χ1n) is 11.0. The largest absolute Gasteiger partial charge is 0.390 e. The molecule has 4 rings (SSSR count).